The average Bonchev–Trinajstić information content (AvgIpc) is 3.38. The molecule has 174 valence electrons. The zero-order chi connectivity index (χ0) is 23.2. The largest absolute Gasteiger partial charge is 0.465 e. The SMILES string of the molecule is C=C1[C@@H](C)C2[C@H](Cc3ccccc3)NC(=O)[C@]23c2ccc(o2)CCC[C@@H](C)C/C=C/C3[C@@H]1O. The summed E-state index contributed by atoms with van der Waals surface area (Å²) >= 11 is 0. The van der Waals surface area contributed by atoms with Crippen LogP contribution in [0.1, 0.15) is 50.2 Å². The van der Waals surface area contributed by atoms with Crippen LogP contribution in [0, 0.1) is 23.7 Å². The molecule has 1 amide bonds. The molecule has 5 rings (SSSR count). The van der Waals surface area contributed by atoms with Crippen LogP contribution in [0.2, 0.25) is 0 Å². The van der Waals surface area contributed by atoms with Crippen molar-refractivity contribution in [3.8, 4) is 0 Å². The number of nitrogens with one attached hydrogen (secondary N) is 1. The van der Waals surface area contributed by atoms with Crippen molar-refractivity contribution in [2.45, 2.75) is 63.5 Å². The van der Waals surface area contributed by atoms with E-state index in [-0.39, 0.29) is 23.8 Å². The fraction of sp³-hybridized carbons (Fsp3) is 0.483. The molecular weight excluding hydrogens is 410 g/mol. The smallest absolute Gasteiger partial charge is 0.235 e. The molecule has 1 aliphatic carbocycles. The Morgan fingerprint density at radius 3 is 2.76 bits per heavy atom. The van der Waals surface area contributed by atoms with Gasteiger partial charge in [-0.2, -0.15) is 0 Å². The number of carbonyl (C=O) groups excluding carboxylic acids is 1. The van der Waals surface area contributed by atoms with Gasteiger partial charge in [0.25, 0.3) is 0 Å². The first-order valence-corrected chi connectivity index (χ1v) is 12.4. The Bertz CT molecular complexity index is 1050. The van der Waals surface area contributed by atoms with Gasteiger partial charge in [-0.25, -0.2) is 0 Å². The maximum absolute atomic E-state index is 14.0. The van der Waals surface area contributed by atoms with Crippen LogP contribution in [0.3, 0.4) is 0 Å². The van der Waals surface area contributed by atoms with Crippen molar-refractivity contribution >= 4 is 5.91 Å². The molecule has 2 aliphatic heterocycles. The summed E-state index contributed by atoms with van der Waals surface area (Å²) in [5.74, 6) is 1.64. The molecule has 1 aromatic carbocycles. The Labute approximate surface area is 196 Å². The molecule has 2 fully saturated rings. The highest BCUT2D eigenvalue weighted by molar-refractivity contribution is 5.92. The number of amides is 1. The van der Waals surface area contributed by atoms with Gasteiger partial charge in [-0.1, -0.05) is 62.9 Å². The highest BCUT2D eigenvalue weighted by atomic mass is 16.3. The zero-order valence-electron chi connectivity index (χ0n) is 19.7. The number of aliphatic hydroxyl groups is 1. The molecule has 3 heterocycles. The molecule has 1 saturated carbocycles. The maximum Gasteiger partial charge on any atom is 0.235 e. The van der Waals surface area contributed by atoms with E-state index in [4.69, 9.17) is 4.42 Å². The minimum Gasteiger partial charge on any atom is -0.465 e. The molecule has 2 unspecified atom stereocenters. The lowest BCUT2D eigenvalue weighted by Gasteiger charge is -2.49. The van der Waals surface area contributed by atoms with Crippen LogP contribution in [0.15, 0.2) is 71.2 Å². The van der Waals surface area contributed by atoms with Gasteiger partial charge in [0, 0.05) is 24.3 Å². The summed E-state index contributed by atoms with van der Waals surface area (Å²) in [4.78, 5) is 14.0. The Balaban J connectivity index is 1.66. The third-order valence-electron chi connectivity index (χ3n) is 8.39. The number of rotatable bonds is 2. The summed E-state index contributed by atoms with van der Waals surface area (Å²) in [5, 5.41) is 14.8. The van der Waals surface area contributed by atoms with Crippen molar-refractivity contribution in [2.75, 3.05) is 0 Å². The molecule has 0 radical (unpaired) electrons. The first-order chi connectivity index (χ1) is 15.9. The van der Waals surface area contributed by atoms with Crippen molar-refractivity contribution in [3.63, 3.8) is 0 Å². The van der Waals surface area contributed by atoms with Crippen LogP contribution < -0.4 is 5.32 Å². The van der Waals surface area contributed by atoms with Gasteiger partial charge in [-0.05, 0) is 60.8 Å². The van der Waals surface area contributed by atoms with Gasteiger partial charge >= 0.3 is 0 Å². The molecule has 7 atom stereocenters. The molecule has 1 saturated heterocycles. The second-order valence-corrected chi connectivity index (χ2v) is 10.4. The predicted octanol–water partition coefficient (Wildman–Crippen LogP) is 4.98. The average molecular weight is 446 g/mol. The number of fused-ring (bicyclic) bond motifs is 2. The summed E-state index contributed by atoms with van der Waals surface area (Å²) in [6, 6.07) is 14.3. The maximum atomic E-state index is 14.0. The molecular formula is C29H35NO3. The summed E-state index contributed by atoms with van der Waals surface area (Å²) in [6.45, 7) is 8.67. The number of carbonyl (C=O) groups is 1. The number of furan rings is 1. The Morgan fingerprint density at radius 1 is 1.18 bits per heavy atom. The Morgan fingerprint density at radius 2 is 1.97 bits per heavy atom. The topological polar surface area (TPSA) is 62.5 Å². The van der Waals surface area contributed by atoms with E-state index in [1.807, 2.05) is 30.3 Å². The molecule has 1 spiro atoms. The van der Waals surface area contributed by atoms with E-state index in [2.05, 4.69) is 50.0 Å². The minimum atomic E-state index is -0.948. The van der Waals surface area contributed by atoms with Gasteiger partial charge in [0.05, 0.1) is 6.10 Å². The van der Waals surface area contributed by atoms with E-state index >= 15 is 0 Å². The van der Waals surface area contributed by atoms with E-state index in [1.165, 1.54) is 5.56 Å². The second-order valence-electron chi connectivity index (χ2n) is 10.4. The van der Waals surface area contributed by atoms with Crippen LogP contribution in [-0.2, 0) is 23.1 Å². The van der Waals surface area contributed by atoms with E-state index < -0.39 is 17.4 Å². The number of benzene rings is 1. The van der Waals surface area contributed by atoms with Crippen molar-refractivity contribution in [1.29, 1.82) is 0 Å². The summed E-state index contributed by atoms with van der Waals surface area (Å²) in [5.41, 5.74) is 1.06. The van der Waals surface area contributed by atoms with Gasteiger partial charge in [-0.3, -0.25) is 4.79 Å². The summed E-state index contributed by atoms with van der Waals surface area (Å²) in [6.07, 6.45) is 8.22. The molecule has 3 aliphatic rings. The van der Waals surface area contributed by atoms with Gasteiger partial charge in [0.1, 0.15) is 16.9 Å². The van der Waals surface area contributed by atoms with Crippen LogP contribution in [0.5, 0.6) is 0 Å². The van der Waals surface area contributed by atoms with Gasteiger partial charge < -0.3 is 14.8 Å². The molecule has 2 bridgehead atoms. The monoisotopic (exact) mass is 445 g/mol. The molecule has 1 aromatic heterocycles. The van der Waals surface area contributed by atoms with E-state index in [1.54, 1.807) is 0 Å². The first kappa shape index (κ1) is 22.2. The third kappa shape index (κ3) is 3.59. The molecule has 33 heavy (non-hydrogen) atoms. The minimum absolute atomic E-state index is 0.0299. The number of hydrogen-bond acceptors (Lipinski definition) is 3. The van der Waals surface area contributed by atoms with Crippen LogP contribution in [0.25, 0.3) is 0 Å². The number of aryl methyl sites for hydroxylation is 1. The van der Waals surface area contributed by atoms with Crippen LogP contribution in [-0.4, -0.2) is 23.2 Å². The fourth-order valence-electron chi connectivity index (χ4n) is 6.62. The molecule has 2 N–H and O–H groups in total. The standard InChI is InChI=1S/C29H35NO3/c1-18-9-7-13-22-15-16-25(33-22)29-23(14-8-10-18)27(31)20(3)19(2)26(29)24(30-28(29)32)17-21-11-5-4-6-12-21/h4-6,8,11-12,14-16,18-19,23-24,26-27,31H,3,7,9-10,13,17H2,1-2H3,(H,30,32)/b14-8+/t18-,19-,23?,24+,26?,27-,29-/m1/s1. The molecule has 4 heteroatoms. The predicted molar refractivity (Wildman–Crippen MR) is 130 cm³/mol. The summed E-state index contributed by atoms with van der Waals surface area (Å²) in [7, 11) is 0. The fourth-order valence-corrected chi connectivity index (χ4v) is 6.62. The van der Waals surface area contributed by atoms with E-state index in [0.29, 0.717) is 11.7 Å². The quantitative estimate of drug-likeness (QED) is 0.641. The van der Waals surface area contributed by atoms with Crippen molar-refractivity contribution in [2.24, 2.45) is 23.7 Å². The van der Waals surface area contributed by atoms with Gasteiger partial charge in [0.2, 0.25) is 5.91 Å². The first-order valence-electron chi connectivity index (χ1n) is 12.4. The van der Waals surface area contributed by atoms with Crippen LogP contribution >= 0.6 is 0 Å². The van der Waals surface area contributed by atoms with E-state index in [9.17, 15) is 9.90 Å². The van der Waals surface area contributed by atoms with Crippen LogP contribution in [0.4, 0.5) is 0 Å². The second kappa shape index (κ2) is 8.64. The van der Waals surface area contributed by atoms with Gasteiger partial charge in [0.15, 0.2) is 0 Å². The zero-order valence-corrected chi connectivity index (χ0v) is 19.7. The van der Waals surface area contributed by atoms with E-state index in [0.717, 1.165) is 43.4 Å². The third-order valence-corrected chi connectivity index (χ3v) is 8.39. The van der Waals surface area contributed by atoms with Crippen molar-refractivity contribution < 1.29 is 14.3 Å². The lowest BCUT2D eigenvalue weighted by atomic mass is 9.52. The van der Waals surface area contributed by atoms with Crippen molar-refractivity contribution in [1.82, 2.24) is 5.32 Å². The number of allylic oxidation sites excluding steroid dienone is 1. The Hall–Kier alpha value is -2.59. The number of hydrogen-bond donors (Lipinski definition) is 2. The lowest BCUT2D eigenvalue weighted by Crippen LogP contribution is -2.57. The van der Waals surface area contributed by atoms with Crippen molar-refractivity contribution in [3.05, 3.63) is 83.9 Å². The molecule has 4 nitrogen and oxygen atoms in total. The van der Waals surface area contributed by atoms with Gasteiger partial charge in [-0.15, -0.1) is 0 Å². The normalized spacial score (nSPS) is 37.3. The molecule has 2 aromatic rings. The number of aliphatic hydroxyl groups excluding tert-OH is 1. The summed E-state index contributed by atoms with van der Waals surface area (Å²) < 4.78 is 6.43. The highest BCUT2D eigenvalue weighted by Crippen LogP contribution is 2.57. The Kier molecular flexibility index (Phi) is 5.82. The highest BCUT2D eigenvalue weighted by Gasteiger charge is 2.67. The lowest BCUT2D eigenvalue weighted by molar-refractivity contribution is -0.130.